The summed E-state index contributed by atoms with van der Waals surface area (Å²) in [6.07, 6.45) is 1.58. The predicted octanol–water partition coefficient (Wildman–Crippen LogP) is 4.28. The van der Waals surface area contributed by atoms with Gasteiger partial charge in [0.2, 0.25) is 11.0 Å². The number of carbonyl (C=O) groups excluding carboxylic acids is 2. The summed E-state index contributed by atoms with van der Waals surface area (Å²) in [7, 11) is 1.55. The van der Waals surface area contributed by atoms with Gasteiger partial charge in [-0.25, -0.2) is 4.79 Å². The van der Waals surface area contributed by atoms with Gasteiger partial charge in [0.15, 0.2) is 10.1 Å². The number of nitrogens with one attached hydrogen (secondary N) is 1. The minimum absolute atomic E-state index is 0.00501. The molecule has 3 aromatic rings. The number of anilines is 2. The molecule has 0 bridgehead atoms. The Morgan fingerprint density at radius 3 is 2.80 bits per heavy atom. The lowest BCUT2D eigenvalue weighted by Gasteiger charge is -2.38. The number of rotatable bonds is 8. The summed E-state index contributed by atoms with van der Waals surface area (Å²) >= 11 is 2.34. The van der Waals surface area contributed by atoms with E-state index in [1.165, 1.54) is 23.5 Å². The largest absolute Gasteiger partial charge is 0.497 e. The maximum Gasteiger partial charge on any atom is 0.335 e. The van der Waals surface area contributed by atoms with Crippen molar-refractivity contribution in [1.29, 1.82) is 5.26 Å². The van der Waals surface area contributed by atoms with Gasteiger partial charge < -0.3 is 20.9 Å². The molecule has 1 aliphatic heterocycles. The van der Waals surface area contributed by atoms with Gasteiger partial charge in [-0.15, -0.1) is 10.2 Å². The number of carboxylic acids is 1. The molecule has 1 unspecified atom stereocenters. The number of ketones is 1. The number of aromatic nitrogens is 2. The van der Waals surface area contributed by atoms with E-state index in [9.17, 15) is 19.6 Å². The van der Waals surface area contributed by atoms with Crippen LogP contribution in [0.2, 0.25) is 0 Å². The number of benzene rings is 2. The number of nitriles is 1. The molecule has 2 aliphatic rings. The molecular weight excluding hydrogens is 564 g/mol. The number of nitrogens with zero attached hydrogens (tertiary/aromatic N) is 4. The van der Waals surface area contributed by atoms with E-state index in [4.69, 9.17) is 15.6 Å². The number of thioether (sulfide) groups is 1. The molecule has 0 fully saturated rings. The van der Waals surface area contributed by atoms with E-state index in [1.54, 1.807) is 36.3 Å². The van der Waals surface area contributed by atoms with E-state index >= 15 is 0 Å². The number of carbonyl (C=O) groups is 3. The van der Waals surface area contributed by atoms with Gasteiger partial charge in [0.1, 0.15) is 11.6 Å². The SMILES string of the molecule is COc1cccc(C2C(C#N)=C(N)N(c3nnc(SCC(=O)Nc4cccc(C(=O)O)c4)s3)C3=C2C(=O)CCC3)c1. The highest BCUT2D eigenvalue weighted by molar-refractivity contribution is 8.01. The van der Waals surface area contributed by atoms with E-state index in [-0.39, 0.29) is 34.4 Å². The third-order valence-electron chi connectivity index (χ3n) is 6.65. The van der Waals surface area contributed by atoms with Gasteiger partial charge in [-0.1, -0.05) is 41.3 Å². The van der Waals surface area contributed by atoms with E-state index in [0.717, 1.165) is 17.3 Å². The van der Waals surface area contributed by atoms with Crippen molar-refractivity contribution >= 4 is 51.6 Å². The summed E-state index contributed by atoms with van der Waals surface area (Å²) < 4.78 is 5.86. The van der Waals surface area contributed by atoms with Crippen LogP contribution in [-0.4, -0.2) is 45.8 Å². The molecule has 5 rings (SSSR count). The molecule has 1 amide bonds. The van der Waals surface area contributed by atoms with Gasteiger partial charge in [-0.2, -0.15) is 5.26 Å². The lowest BCUT2D eigenvalue weighted by atomic mass is 9.76. The van der Waals surface area contributed by atoms with Crippen LogP contribution in [-0.2, 0) is 9.59 Å². The van der Waals surface area contributed by atoms with Crippen LogP contribution in [0.4, 0.5) is 10.8 Å². The Hall–Kier alpha value is -4.67. The zero-order valence-electron chi connectivity index (χ0n) is 21.8. The molecule has 41 heavy (non-hydrogen) atoms. The number of aromatic carboxylic acids is 1. The van der Waals surface area contributed by atoms with Crippen molar-refractivity contribution in [2.75, 3.05) is 23.1 Å². The van der Waals surface area contributed by atoms with Crippen LogP contribution in [0, 0.1) is 11.3 Å². The Bertz CT molecular complexity index is 1660. The summed E-state index contributed by atoms with van der Waals surface area (Å²) in [5, 5.41) is 30.9. The van der Waals surface area contributed by atoms with Crippen molar-refractivity contribution in [1.82, 2.24) is 10.2 Å². The fourth-order valence-corrected chi connectivity index (χ4v) is 6.55. The predicted molar refractivity (Wildman–Crippen MR) is 154 cm³/mol. The molecule has 0 saturated carbocycles. The first kappa shape index (κ1) is 27.9. The number of ether oxygens (including phenoxy) is 1. The van der Waals surface area contributed by atoms with E-state index in [0.29, 0.717) is 51.4 Å². The number of amides is 1. The van der Waals surface area contributed by atoms with E-state index in [1.807, 2.05) is 12.1 Å². The Morgan fingerprint density at radius 2 is 2.05 bits per heavy atom. The molecule has 1 aliphatic carbocycles. The molecule has 1 aromatic heterocycles. The second-order valence-corrected chi connectivity index (χ2v) is 11.3. The molecule has 0 spiro atoms. The summed E-state index contributed by atoms with van der Waals surface area (Å²) in [6.45, 7) is 0. The zero-order valence-corrected chi connectivity index (χ0v) is 23.4. The smallest absolute Gasteiger partial charge is 0.335 e. The highest BCUT2D eigenvalue weighted by Gasteiger charge is 2.41. The van der Waals surface area contributed by atoms with Crippen LogP contribution >= 0.6 is 23.1 Å². The number of nitrogens with two attached hydrogens (primary N) is 1. The minimum Gasteiger partial charge on any atom is -0.497 e. The van der Waals surface area contributed by atoms with Crippen LogP contribution in [0.25, 0.3) is 0 Å². The number of Topliss-reactive ketones (excluding diaryl/α,β-unsaturated/α-hetero) is 1. The maximum absolute atomic E-state index is 13.3. The lowest BCUT2D eigenvalue weighted by molar-refractivity contribution is -0.116. The van der Waals surface area contributed by atoms with Crippen molar-refractivity contribution in [3.63, 3.8) is 0 Å². The average molecular weight is 589 g/mol. The second-order valence-electron chi connectivity index (χ2n) is 9.17. The van der Waals surface area contributed by atoms with Gasteiger partial charge in [-0.05, 0) is 48.7 Å². The summed E-state index contributed by atoms with van der Waals surface area (Å²) in [6, 6.07) is 15.5. The van der Waals surface area contributed by atoms with Crippen molar-refractivity contribution in [3.8, 4) is 11.8 Å². The number of carboxylic acid groups (broad SMARTS) is 1. The van der Waals surface area contributed by atoms with Crippen LogP contribution in [0.5, 0.6) is 5.75 Å². The molecule has 2 heterocycles. The van der Waals surface area contributed by atoms with Crippen LogP contribution < -0.4 is 20.7 Å². The molecule has 0 radical (unpaired) electrons. The molecular formula is C28H24N6O5S2. The van der Waals surface area contributed by atoms with Gasteiger partial charge >= 0.3 is 5.97 Å². The highest BCUT2D eigenvalue weighted by atomic mass is 32.2. The summed E-state index contributed by atoms with van der Waals surface area (Å²) in [5.41, 5.74) is 9.21. The first-order chi connectivity index (χ1) is 19.8. The first-order valence-electron chi connectivity index (χ1n) is 12.5. The number of hydrogen-bond donors (Lipinski definition) is 3. The monoisotopic (exact) mass is 588 g/mol. The third kappa shape index (κ3) is 5.65. The standard InChI is InChI=1S/C28H24N6O5S2/c1-39-18-8-3-5-15(12-18)23-19(13-29)25(30)34(20-9-4-10-21(35)24(20)23)27-32-33-28(41-27)40-14-22(36)31-17-7-2-6-16(11-17)26(37)38/h2-3,5-8,11-12,23H,4,9-10,14,30H2,1H3,(H,31,36)(H,37,38). The van der Waals surface area contributed by atoms with Crippen molar-refractivity contribution < 1.29 is 24.2 Å². The first-order valence-corrected chi connectivity index (χ1v) is 14.3. The molecule has 2 aromatic carbocycles. The number of hydrogen-bond acceptors (Lipinski definition) is 11. The highest BCUT2D eigenvalue weighted by Crippen LogP contribution is 2.47. The van der Waals surface area contributed by atoms with Gasteiger partial charge in [0, 0.05) is 23.4 Å². The van der Waals surface area contributed by atoms with Gasteiger partial charge in [0.05, 0.1) is 36.0 Å². The Morgan fingerprint density at radius 1 is 1.24 bits per heavy atom. The minimum atomic E-state index is -1.09. The van der Waals surface area contributed by atoms with Crippen LogP contribution in [0.1, 0.15) is 41.1 Å². The third-order valence-corrected chi connectivity index (χ3v) is 8.69. The number of allylic oxidation sites excluding steroid dienone is 3. The molecule has 1 atom stereocenters. The second kappa shape index (κ2) is 11.8. The lowest BCUT2D eigenvalue weighted by Crippen LogP contribution is -2.38. The Labute approximate surface area is 243 Å². The maximum atomic E-state index is 13.3. The van der Waals surface area contributed by atoms with Crippen LogP contribution in [0.15, 0.2) is 75.5 Å². The van der Waals surface area contributed by atoms with Gasteiger partial charge in [0.25, 0.3) is 0 Å². The van der Waals surface area contributed by atoms with Crippen molar-refractivity contribution in [2.45, 2.75) is 29.5 Å². The molecule has 11 nitrogen and oxygen atoms in total. The van der Waals surface area contributed by atoms with Crippen LogP contribution in [0.3, 0.4) is 0 Å². The quantitative estimate of drug-likeness (QED) is 0.321. The fraction of sp³-hybridized carbons (Fsp3) is 0.214. The van der Waals surface area contributed by atoms with E-state index in [2.05, 4.69) is 21.6 Å². The molecule has 4 N–H and O–H groups in total. The summed E-state index contributed by atoms with van der Waals surface area (Å²) in [4.78, 5) is 38.6. The zero-order chi connectivity index (χ0) is 29.1. The number of methoxy groups -OCH3 is 1. The fourth-order valence-electron chi connectivity index (χ4n) is 4.86. The normalized spacial score (nSPS) is 16.7. The topological polar surface area (TPSA) is 172 Å². The van der Waals surface area contributed by atoms with Gasteiger partial charge in [-0.3, -0.25) is 14.5 Å². The Balaban J connectivity index is 1.40. The molecule has 208 valence electrons. The van der Waals surface area contributed by atoms with Crippen molar-refractivity contribution in [2.24, 2.45) is 5.73 Å². The average Bonchev–Trinajstić information content (AvgIpc) is 3.44. The molecule has 13 heteroatoms. The Kier molecular flexibility index (Phi) is 8.04. The molecule has 0 saturated heterocycles. The summed E-state index contributed by atoms with van der Waals surface area (Å²) in [5.74, 6) is -1.32. The van der Waals surface area contributed by atoms with E-state index < -0.39 is 11.9 Å². The van der Waals surface area contributed by atoms with Crippen molar-refractivity contribution in [3.05, 3.63) is 82.3 Å².